The van der Waals surface area contributed by atoms with Crippen LogP contribution in [0.1, 0.15) is 0 Å². The van der Waals surface area contributed by atoms with Crippen LogP contribution in [0.3, 0.4) is 0 Å². The van der Waals surface area contributed by atoms with E-state index in [0.717, 1.165) is 0 Å². The topological polar surface area (TPSA) is 53.8 Å². The van der Waals surface area contributed by atoms with E-state index < -0.39 is 0 Å². The van der Waals surface area contributed by atoms with Crippen LogP contribution in [0, 0.1) is 0 Å². The minimum Gasteiger partial charge on any atom is -0.342 e. The van der Waals surface area contributed by atoms with E-state index in [1.54, 1.807) is 12.4 Å². The van der Waals surface area contributed by atoms with Crippen molar-refractivity contribution in [3.8, 4) is 0 Å². The molecule has 1 N–H and O–H groups in total. The van der Waals surface area contributed by atoms with Crippen molar-refractivity contribution in [1.29, 1.82) is 0 Å². The van der Waals surface area contributed by atoms with Gasteiger partial charge in [0.05, 0.1) is 12.3 Å². The Balaban J connectivity index is 2.26. The summed E-state index contributed by atoms with van der Waals surface area (Å²) < 4.78 is 0. The number of nitrogens with one attached hydrogen (secondary N) is 1. The average molecular weight is 149 g/mol. The van der Waals surface area contributed by atoms with Crippen LogP contribution >= 0.6 is 0 Å². The zero-order valence-corrected chi connectivity index (χ0v) is 5.77. The highest BCUT2D eigenvalue weighted by atomic mass is 16.1. The van der Waals surface area contributed by atoms with Crippen LogP contribution in [-0.4, -0.2) is 30.4 Å². The number of aliphatic imine (C=N–C) groups is 2. The molecule has 1 amide bonds. The molecule has 0 fully saturated rings. The van der Waals surface area contributed by atoms with Crippen molar-refractivity contribution >= 4 is 18.3 Å². The second-order valence-electron chi connectivity index (χ2n) is 2.44. The summed E-state index contributed by atoms with van der Waals surface area (Å²) >= 11 is 0. The summed E-state index contributed by atoms with van der Waals surface area (Å²) in [6.07, 6.45) is 6.52. The van der Waals surface area contributed by atoms with Gasteiger partial charge in [-0.05, 0) is 6.08 Å². The van der Waals surface area contributed by atoms with Gasteiger partial charge in [0, 0.05) is 12.4 Å². The molecule has 2 rings (SSSR count). The number of nitrogens with zero attached hydrogens (tertiary/aromatic N) is 2. The van der Waals surface area contributed by atoms with Gasteiger partial charge in [-0.2, -0.15) is 0 Å². The van der Waals surface area contributed by atoms with E-state index in [0.29, 0.717) is 0 Å². The summed E-state index contributed by atoms with van der Waals surface area (Å²) in [7, 11) is 0. The molecular formula is C7H7N3O. The first-order chi connectivity index (χ1) is 5.36. The van der Waals surface area contributed by atoms with Crippen LogP contribution in [0.25, 0.3) is 0 Å². The van der Waals surface area contributed by atoms with Gasteiger partial charge in [-0.1, -0.05) is 0 Å². The van der Waals surface area contributed by atoms with Gasteiger partial charge < -0.3 is 5.32 Å². The van der Waals surface area contributed by atoms with Crippen molar-refractivity contribution in [3.05, 3.63) is 12.3 Å². The van der Waals surface area contributed by atoms with Gasteiger partial charge >= 0.3 is 0 Å². The number of carbonyl (C=O) groups is 1. The summed E-state index contributed by atoms with van der Waals surface area (Å²) in [5.74, 6) is -0.133. The lowest BCUT2D eigenvalue weighted by Gasteiger charge is -2.23. The van der Waals surface area contributed by atoms with E-state index in [1.807, 2.05) is 6.08 Å². The second kappa shape index (κ2) is 2.30. The standard InChI is InChI=1S/C7H7N3O/c11-7-4-9-6-3-8-2-1-5(6)10-7/h1-6H,(H,10,11). The van der Waals surface area contributed by atoms with E-state index in [4.69, 9.17) is 0 Å². The highest BCUT2D eigenvalue weighted by molar-refractivity contribution is 6.27. The van der Waals surface area contributed by atoms with E-state index >= 15 is 0 Å². The largest absolute Gasteiger partial charge is 0.342 e. The van der Waals surface area contributed by atoms with Crippen molar-refractivity contribution in [1.82, 2.24) is 5.32 Å². The maximum absolute atomic E-state index is 10.8. The van der Waals surface area contributed by atoms with E-state index in [9.17, 15) is 4.79 Å². The van der Waals surface area contributed by atoms with E-state index in [1.165, 1.54) is 6.21 Å². The van der Waals surface area contributed by atoms with Crippen LogP contribution in [0.2, 0.25) is 0 Å². The van der Waals surface area contributed by atoms with Crippen LogP contribution in [0.4, 0.5) is 0 Å². The first-order valence-corrected chi connectivity index (χ1v) is 3.40. The van der Waals surface area contributed by atoms with E-state index in [2.05, 4.69) is 15.3 Å². The number of rotatable bonds is 0. The predicted octanol–water partition coefficient (Wildman–Crippen LogP) is -0.478. The third kappa shape index (κ3) is 1.07. The molecule has 56 valence electrons. The minimum atomic E-state index is -0.133. The highest BCUT2D eigenvalue weighted by Gasteiger charge is 2.23. The Morgan fingerprint density at radius 3 is 3.36 bits per heavy atom. The van der Waals surface area contributed by atoms with E-state index in [-0.39, 0.29) is 18.0 Å². The van der Waals surface area contributed by atoms with Crippen molar-refractivity contribution in [2.75, 3.05) is 0 Å². The van der Waals surface area contributed by atoms with Gasteiger partial charge in [0.2, 0.25) is 0 Å². The molecule has 2 heterocycles. The Hall–Kier alpha value is -1.45. The summed E-state index contributed by atoms with van der Waals surface area (Å²) in [6.45, 7) is 0. The van der Waals surface area contributed by atoms with Gasteiger partial charge in [0.25, 0.3) is 5.91 Å². The molecule has 2 aliphatic rings. The molecule has 0 radical (unpaired) electrons. The Morgan fingerprint density at radius 1 is 1.55 bits per heavy atom. The molecule has 2 atom stereocenters. The molecule has 11 heavy (non-hydrogen) atoms. The van der Waals surface area contributed by atoms with Crippen molar-refractivity contribution in [2.45, 2.75) is 12.1 Å². The first kappa shape index (κ1) is 6.27. The number of hydrogen-bond donors (Lipinski definition) is 1. The summed E-state index contributed by atoms with van der Waals surface area (Å²) in [5.41, 5.74) is 0. The average Bonchev–Trinajstić information content (AvgIpc) is 2.04. The van der Waals surface area contributed by atoms with Gasteiger partial charge in [-0.3, -0.25) is 14.8 Å². The fourth-order valence-corrected chi connectivity index (χ4v) is 1.11. The monoisotopic (exact) mass is 149 g/mol. The van der Waals surface area contributed by atoms with Gasteiger partial charge in [0.1, 0.15) is 6.04 Å². The molecule has 0 saturated carbocycles. The van der Waals surface area contributed by atoms with Crippen LogP contribution in [0.5, 0.6) is 0 Å². The van der Waals surface area contributed by atoms with Crippen molar-refractivity contribution in [2.24, 2.45) is 9.98 Å². The maximum Gasteiger partial charge on any atom is 0.262 e. The molecule has 0 aromatic heterocycles. The predicted molar refractivity (Wildman–Crippen MR) is 41.8 cm³/mol. The molecule has 2 unspecified atom stereocenters. The van der Waals surface area contributed by atoms with Gasteiger partial charge in [-0.15, -0.1) is 0 Å². The first-order valence-electron chi connectivity index (χ1n) is 3.40. The van der Waals surface area contributed by atoms with Crippen LogP contribution in [-0.2, 0) is 4.79 Å². The third-order valence-electron chi connectivity index (χ3n) is 1.66. The molecule has 0 spiro atoms. The Labute approximate surface area is 63.7 Å². The number of amides is 1. The fraction of sp³-hybridized carbons (Fsp3) is 0.286. The Bertz CT molecular complexity index is 267. The summed E-state index contributed by atoms with van der Waals surface area (Å²) in [4.78, 5) is 18.7. The highest BCUT2D eigenvalue weighted by Crippen LogP contribution is 2.06. The molecule has 4 heteroatoms. The molecule has 0 aromatic rings. The van der Waals surface area contributed by atoms with Gasteiger partial charge in [0.15, 0.2) is 0 Å². The molecule has 4 nitrogen and oxygen atoms in total. The number of carbonyl (C=O) groups excluding carboxylic acids is 1. The molecular weight excluding hydrogens is 142 g/mol. The number of fused-ring (bicyclic) bond motifs is 1. The SMILES string of the molecule is O=C1C=NC2C=NC=CC2N1. The summed E-state index contributed by atoms with van der Waals surface area (Å²) in [5, 5.41) is 2.75. The van der Waals surface area contributed by atoms with Crippen LogP contribution < -0.4 is 5.32 Å². The lowest BCUT2D eigenvalue weighted by Crippen LogP contribution is -2.47. The third-order valence-corrected chi connectivity index (χ3v) is 1.66. The molecule has 0 aliphatic carbocycles. The maximum atomic E-state index is 10.8. The Morgan fingerprint density at radius 2 is 2.45 bits per heavy atom. The zero-order chi connectivity index (χ0) is 7.68. The molecule has 0 bridgehead atoms. The van der Waals surface area contributed by atoms with Crippen molar-refractivity contribution in [3.63, 3.8) is 0 Å². The fourth-order valence-electron chi connectivity index (χ4n) is 1.11. The lowest BCUT2D eigenvalue weighted by atomic mass is 10.1. The minimum absolute atomic E-state index is 0.00213. The molecule has 2 aliphatic heterocycles. The zero-order valence-electron chi connectivity index (χ0n) is 5.77. The van der Waals surface area contributed by atoms with Gasteiger partial charge in [-0.25, -0.2) is 0 Å². The quantitative estimate of drug-likeness (QED) is 0.497. The summed E-state index contributed by atoms with van der Waals surface area (Å²) in [6, 6.07) is 0.00250. The second-order valence-corrected chi connectivity index (χ2v) is 2.44. The lowest BCUT2D eigenvalue weighted by molar-refractivity contribution is -0.115. The molecule has 0 saturated heterocycles. The van der Waals surface area contributed by atoms with Crippen molar-refractivity contribution < 1.29 is 4.79 Å². The smallest absolute Gasteiger partial charge is 0.262 e. The molecule has 0 aromatic carbocycles. The normalized spacial score (nSPS) is 33.3. The Kier molecular flexibility index (Phi) is 1.31. The number of hydrogen-bond acceptors (Lipinski definition) is 3. The van der Waals surface area contributed by atoms with Crippen LogP contribution in [0.15, 0.2) is 22.3 Å².